The molecular formula is C12H21O3. The predicted octanol–water partition coefficient (Wildman–Crippen LogP) is 2.78. The van der Waals surface area contributed by atoms with E-state index in [-0.39, 0.29) is 0 Å². The fraction of sp³-hybridized carbons (Fsp3) is 0.833. The molecule has 0 N–H and O–H groups in total. The topological polar surface area (TPSA) is 43.4 Å². The maximum Gasteiger partial charge on any atom is 0.303 e. The molecule has 0 aromatic carbocycles. The van der Waals surface area contributed by atoms with E-state index in [9.17, 15) is 9.59 Å². The summed E-state index contributed by atoms with van der Waals surface area (Å²) in [5, 5.41) is 0. The molecule has 0 rings (SSSR count). The Bertz CT molecular complexity index is 201. The van der Waals surface area contributed by atoms with Gasteiger partial charge in [0.25, 0.3) is 0 Å². The molecule has 0 aromatic rings. The van der Waals surface area contributed by atoms with Gasteiger partial charge in [0.05, 0.1) is 0 Å². The number of rotatable bonds is 8. The quantitative estimate of drug-likeness (QED) is 0.460. The van der Waals surface area contributed by atoms with Crippen molar-refractivity contribution in [3.05, 3.63) is 0 Å². The minimum Gasteiger partial charge on any atom is -0.451 e. The molecule has 0 aliphatic carbocycles. The van der Waals surface area contributed by atoms with Gasteiger partial charge >= 0.3 is 5.97 Å². The molecule has 0 heterocycles. The molecule has 87 valence electrons. The lowest BCUT2D eigenvalue weighted by Crippen LogP contribution is -2.35. The molecule has 0 aliphatic heterocycles. The number of carbonyl (C=O) groups is 1. The van der Waals surface area contributed by atoms with Gasteiger partial charge < -0.3 is 4.74 Å². The van der Waals surface area contributed by atoms with E-state index in [1.165, 1.54) is 6.92 Å². The summed E-state index contributed by atoms with van der Waals surface area (Å²) in [6.45, 7) is 5.30. The molecule has 3 nitrogen and oxygen atoms in total. The van der Waals surface area contributed by atoms with Crippen molar-refractivity contribution in [1.82, 2.24) is 0 Å². The van der Waals surface area contributed by atoms with Crippen molar-refractivity contribution in [1.29, 1.82) is 0 Å². The summed E-state index contributed by atoms with van der Waals surface area (Å²) in [5.41, 5.74) is -1.00. The van der Waals surface area contributed by atoms with E-state index in [1.54, 1.807) is 0 Å². The minimum atomic E-state index is -1.00. The molecule has 3 heteroatoms. The van der Waals surface area contributed by atoms with Crippen LogP contribution in [0.1, 0.15) is 59.3 Å². The number of carbonyl (C=O) groups excluding carboxylic acids is 2. The van der Waals surface area contributed by atoms with Gasteiger partial charge in [-0.25, -0.2) is 0 Å². The van der Waals surface area contributed by atoms with E-state index in [4.69, 9.17) is 4.74 Å². The Labute approximate surface area is 92.2 Å². The fourth-order valence-electron chi connectivity index (χ4n) is 1.56. The average Bonchev–Trinajstić information content (AvgIpc) is 2.22. The highest BCUT2D eigenvalue weighted by Gasteiger charge is 2.31. The van der Waals surface area contributed by atoms with Crippen molar-refractivity contribution in [2.24, 2.45) is 0 Å². The Morgan fingerprint density at radius 3 is 2.33 bits per heavy atom. The highest BCUT2D eigenvalue weighted by Crippen LogP contribution is 2.22. The van der Waals surface area contributed by atoms with Crippen LogP contribution in [0.15, 0.2) is 0 Å². The Balaban J connectivity index is 4.11. The first kappa shape index (κ1) is 14.1. The van der Waals surface area contributed by atoms with Gasteiger partial charge in [-0.1, -0.05) is 33.1 Å². The third-order valence-corrected chi connectivity index (χ3v) is 2.53. The highest BCUT2D eigenvalue weighted by atomic mass is 16.6. The van der Waals surface area contributed by atoms with Crippen molar-refractivity contribution in [2.75, 3.05) is 0 Å². The number of ether oxygens (including phenoxy) is 1. The highest BCUT2D eigenvalue weighted by molar-refractivity contribution is 5.73. The van der Waals surface area contributed by atoms with E-state index in [1.807, 2.05) is 13.2 Å². The lowest BCUT2D eigenvalue weighted by Gasteiger charge is -2.25. The first-order chi connectivity index (χ1) is 7.10. The second-order valence-corrected chi connectivity index (χ2v) is 3.85. The van der Waals surface area contributed by atoms with Gasteiger partial charge in [-0.05, 0) is 19.3 Å². The molecule has 1 unspecified atom stereocenters. The van der Waals surface area contributed by atoms with Crippen molar-refractivity contribution >= 4 is 12.3 Å². The maximum absolute atomic E-state index is 10.9. The third-order valence-electron chi connectivity index (χ3n) is 2.53. The van der Waals surface area contributed by atoms with Crippen LogP contribution in [0.3, 0.4) is 0 Å². The van der Waals surface area contributed by atoms with Gasteiger partial charge in [-0.2, -0.15) is 0 Å². The zero-order valence-electron chi connectivity index (χ0n) is 9.97. The number of esters is 1. The Hall–Kier alpha value is -0.860. The monoisotopic (exact) mass is 213 g/mol. The van der Waals surface area contributed by atoms with Crippen LogP contribution in [-0.4, -0.2) is 17.9 Å². The van der Waals surface area contributed by atoms with Crippen LogP contribution >= 0.6 is 0 Å². The first-order valence-corrected chi connectivity index (χ1v) is 5.69. The Morgan fingerprint density at radius 1 is 1.27 bits per heavy atom. The molecule has 15 heavy (non-hydrogen) atoms. The van der Waals surface area contributed by atoms with E-state index in [0.29, 0.717) is 12.8 Å². The van der Waals surface area contributed by atoms with Gasteiger partial charge in [-0.3, -0.25) is 9.59 Å². The zero-order valence-corrected chi connectivity index (χ0v) is 9.97. The second-order valence-electron chi connectivity index (χ2n) is 3.85. The smallest absolute Gasteiger partial charge is 0.303 e. The number of hydrogen-bond acceptors (Lipinski definition) is 3. The lowest BCUT2D eigenvalue weighted by atomic mass is 9.94. The van der Waals surface area contributed by atoms with Crippen LogP contribution in [0, 0.1) is 0 Å². The summed E-state index contributed by atoms with van der Waals surface area (Å²) in [5.74, 6) is -0.407. The van der Waals surface area contributed by atoms with Gasteiger partial charge in [0, 0.05) is 6.92 Å². The van der Waals surface area contributed by atoms with Crippen LogP contribution in [-0.2, 0) is 14.3 Å². The number of hydrogen-bond donors (Lipinski definition) is 0. The van der Waals surface area contributed by atoms with Crippen molar-refractivity contribution in [2.45, 2.75) is 64.9 Å². The molecule has 0 aliphatic rings. The van der Waals surface area contributed by atoms with E-state index in [2.05, 4.69) is 6.92 Å². The van der Waals surface area contributed by atoms with E-state index in [0.717, 1.165) is 25.7 Å². The molecule has 0 fully saturated rings. The Morgan fingerprint density at radius 2 is 1.93 bits per heavy atom. The standard InChI is InChI=1S/C12H21O3/c1-4-6-7-8-9-12(5-2,10-13)15-11(3)14/h4-9H2,1-3H3. The molecular weight excluding hydrogens is 192 g/mol. The van der Waals surface area contributed by atoms with Gasteiger partial charge in [0.15, 0.2) is 5.60 Å². The summed E-state index contributed by atoms with van der Waals surface area (Å²) in [4.78, 5) is 21.7. The summed E-state index contributed by atoms with van der Waals surface area (Å²) >= 11 is 0. The van der Waals surface area contributed by atoms with Gasteiger partial charge in [0.1, 0.15) is 0 Å². The maximum atomic E-state index is 10.9. The molecule has 1 atom stereocenters. The van der Waals surface area contributed by atoms with Crippen molar-refractivity contribution < 1.29 is 14.3 Å². The average molecular weight is 213 g/mol. The van der Waals surface area contributed by atoms with Crippen molar-refractivity contribution in [3.8, 4) is 0 Å². The molecule has 0 bridgehead atoms. The van der Waals surface area contributed by atoms with E-state index >= 15 is 0 Å². The molecule has 0 spiro atoms. The van der Waals surface area contributed by atoms with Crippen molar-refractivity contribution in [3.63, 3.8) is 0 Å². The van der Waals surface area contributed by atoms with E-state index < -0.39 is 11.6 Å². The van der Waals surface area contributed by atoms with Gasteiger partial charge in [-0.15, -0.1) is 0 Å². The van der Waals surface area contributed by atoms with Crippen LogP contribution in [0.4, 0.5) is 0 Å². The van der Waals surface area contributed by atoms with Crippen LogP contribution in [0.5, 0.6) is 0 Å². The summed E-state index contributed by atoms with van der Waals surface area (Å²) in [6, 6.07) is 0. The second kappa shape index (κ2) is 7.43. The Kier molecular flexibility index (Phi) is 7.01. The minimum absolute atomic E-state index is 0.407. The summed E-state index contributed by atoms with van der Waals surface area (Å²) in [6.07, 6.45) is 7.25. The lowest BCUT2D eigenvalue weighted by molar-refractivity contribution is -0.151. The SMILES string of the molecule is CCCCCCC([C]=O)(CC)OC(C)=O. The summed E-state index contributed by atoms with van der Waals surface area (Å²) < 4.78 is 5.05. The third kappa shape index (κ3) is 5.55. The predicted molar refractivity (Wildman–Crippen MR) is 59.2 cm³/mol. The molecule has 0 saturated heterocycles. The molecule has 0 aromatic heterocycles. The largest absolute Gasteiger partial charge is 0.451 e. The van der Waals surface area contributed by atoms with Crippen LogP contribution < -0.4 is 0 Å². The van der Waals surface area contributed by atoms with Crippen LogP contribution in [0.2, 0.25) is 0 Å². The number of unbranched alkanes of at least 4 members (excludes halogenated alkanes) is 3. The van der Waals surface area contributed by atoms with Crippen LogP contribution in [0.25, 0.3) is 0 Å². The van der Waals surface area contributed by atoms with Gasteiger partial charge in [0.2, 0.25) is 6.29 Å². The zero-order chi connectivity index (χ0) is 11.7. The fourth-order valence-corrected chi connectivity index (χ4v) is 1.56. The molecule has 1 radical (unpaired) electrons. The molecule has 0 saturated carbocycles. The normalized spacial score (nSPS) is 14.3. The summed E-state index contributed by atoms with van der Waals surface area (Å²) in [7, 11) is 0. The molecule has 0 amide bonds. The first-order valence-electron chi connectivity index (χ1n) is 5.69.